The second-order valence-electron chi connectivity index (χ2n) is 5.06. The Hall–Kier alpha value is -2.24. The Bertz CT molecular complexity index is 491. The van der Waals surface area contributed by atoms with Crippen molar-refractivity contribution in [3.8, 4) is 11.5 Å². The summed E-state index contributed by atoms with van der Waals surface area (Å²) in [5, 5.41) is 0. The lowest BCUT2D eigenvalue weighted by molar-refractivity contribution is -0.125. The number of hydrogen-bond donors (Lipinski definition) is 2. The molecule has 1 atom stereocenters. The molecule has 4 N–H and O–H groups in total. The summed E-state index contributed by atoms with van der Waals surface area (Å²) in [5.41, 5.74) is 10.4. The van der Waals surface area contributed by atoms with Gasteiger partial charge in [-0.3, -0.25) is 9.59 Å². The van der Waals surface area contributed by atoms with Crippen LogP contribution in [0.2, 0.25) is 0 Å². The molecule has 0 aliphatic heterocycles. The number of hydrogen-bond acceptors (Lipinski definition) is 4. The molecule has 22 heavy (non-hydrogen) atoms. The highest BCUT2D eigenvalue weighted by molar-refractivity contribution is 5.79. The minimum Gasteiger partial charge on any atom is -0.480 e. The van der Waals surface area contributed by atoms with Crippen LogP contribution in [-0.4, -0.2) is 24.5 Å². The number of carbonyl (C=O) groups is 2. The molecular formula is C16H24N2O4. The van der Waals surface area contributed by atoms with E-state index in [-0.39, 0.29) is 6.61 Å². The Labute approximate surface area is 130 Å². The molecule has 6 nitrogen and oxygen atoms in total. The van der Waals surface area contributed by atoms with E-state index >= 15 is 0 Å². The van der Waals surface area contributed by atoms with Crippen LogP contribution >= 0.6 is 0 Å². The van der Waals surface area contributed by atoms with E-state index in [4.69, 9.17) is 20.9 Å². The van der Waals surface area contributed by atoms with Crippen LogP contribution in [0, 0.1) is 0 Å². The first-order valence-electron chi connectivity index (χ1n) is 7.50. The SMILES string of the molecule is CCCCCCC(Oc1ccccc1OCC(N)=O)C(N)=O. The van der Waals surface area contributed by atoms with Crippen molar-refractivity contribution in [1.29, 1.82) is 0 Å². The average Bonchev–Trinajstić information content (AvgIpc) is 2.49. The number of rotatable bonds is 11. The van der Waals surface area contributed by atoms with E-state index in [0.717, 1.165) is 25.7 Å². The molecule has 1 aromatic carbocycles. The summed E-state index contributed by atoms with van der Waals surface area (Å²) >= 11 is 0. The summed E-state index contributed by atoms with van der Waals surface area (Å²) in [4.78, 5) is 22.3. The summed E-state index contributed by atoms with van der Waals surface area (Å²) in [6, 6.07) is 6.80. The van der Waals surface area contributed by atoms with E-state index in [1.807, 2.05) is 0 Å². The van der Waals surface area contributed by atoms with Crippen molar-refractivity contribution in [1.82, 2.24) is 0 Å². The zero-order chi connectivity index (χ0) is 16.4. The van der Waals surface area contributed by atoms with Crippen molar-refractivity contribution in [3.05, 3.63) is 24.3 Å². The Balaban J connectivity index is 2.67. The van der Waals surface area contributed by atoms with Crippen LogP contribution in [-0.2, 0) is 9.59 Å². The summed E-state index contributed by atoms with van der Waals surface area (Å²) in [7, 11) is 0. The van der Waals surface area contributed by atoms with E-state index in [2.05, 4.69) is 6.92 Å². The molecule has 0 spiro atoms. The quantitative estimate of drug-likeness (QED) is 0.608. The molecule has 0 fully saturated rings. The Kier molecular flexibility index (Phi) is 7.81. The van der Waals surface area contributed by atoms with E-state index in [1.54, 1.807) is 24.3 Å². The van der Waals surface area contributed by atoms with Gasteiger partial charge in [0.05, 0.1) is 0 Å². The Morgan fingerprint density at radius 2 is 1.77 bits per heavy atom. The molecule has 0 saturated carbocycles. The van der Waals surface area contributed by atoms with Crippen molar-refractivity contribution in [2.24, 2.45) is 11.5 Å². The molecule has 0 saturated heterocycles. The van der Waals surface area contributed by atoms with Crippen LogP contribution in [0.3, 0.4) is 0 Å². The van der Waals surface area contributed by atoms with Gasteiger partial charge in [0.1, 0.15) is 0 Å². The molecule has 0 bridgehead atoms. The summed E-state index contributed by atoms with van der Waals surface area (Å²) in [6.45, 7) is 1.87. The van der Waals surface area contributed by atoms with E-state index < -0.39 is 17.9 Å². The Morgan fingerprint density at radius 3 is 2.36 bits per heavy atom. The van der Waals surface area contributed by atoms with E-state index in [0.29, 0.717) is 17.9 Å². The fourth-order valence-corrected chi connectivity index (χ4v) is 1.98. The van der Waals surface area contributed by atoms with Crippen molar-refractivity contribution in [2.45, 2.75) is 45.1 Å². The third-order valence-corrected chi connectivity index (χ3v) is 3.13. The summed E-state index contributed by atoms with van der Waals surface area (Å²) in [6.07, 6.45) is 3.97. The van der Waals surface area contributed by atoms with E-state index in [1.165, 1.54) is 0 Å². The molecule has 1 aromatic rings. The minimum atomic E-state index is -0.713. The van der Waals surface area contributed by atoms with Crippen LogP contribution in [0.5, 0.6) is 11.5 Å². The lowest BCUT2D eigenvalue weighted by atomic mass is 10.1. The van der Waals surface area contributed by atoms with Gasteiger partial charge in [-0.15, -0.1) is 0 Å². The van der Waals surface area contributed by atoms with E-state index in [9.17, 15) is 9.59 Å². The highest BCUT2D eigenvalue weighted by atomic mass is 16.5. The number of nitrogens with two attached hydrogens (primary N) is 2. The number of para-hydroxylation sites is 2. The van der Waals surface area contributed by atoms with Crippen molar-refractivity contribution in [2.75, 3.05) is 6.61 Å². The van der Waals surface area contributed by atoms with Gasteiger partial charge in [-0.2, -0.15) is 0 Å². The molecule has 2 amide bonds. The second kappa shape index (κ2) is 9.65. The largest absolute Gasteiger partial charge is 0.480 e. The first kappa shape index (κ1) is 17.8. The Morgan fingerprint density at radius 1 is 1.09 bits per heavy atom. The third kappa shape index (κ3) is 6.47. The lowest BCUT2D eigenvalue weighted by Gasteiger charge is -2.18. The zero-order valence-electron chi connectivity index (χ0n) is 12.9. The maximum atomic E-state index is 11.5. The molecule has 0 aliphatic rings. The standard InChI is InChI=1S/C16H24N2O4/c1-2-3-4-5-10-14(16(18)20)22-13-9-7-6-8-12(13)21-11-15(17)19/h6-9,14H,2-5,10-11H2,1H3,(H2,17,19)(H2,18,20). The van der Waals surface area contributed by atoms with Crippen LogP contribution in [0.15, 0.2) is 24.3 Å². The molecule has 122 valence electrons. The molecular weight excluding hydrogens is 284 g/mol. The smallest absolute Gasteiger partial charge is 0.258 e. The van der Waals surface area contributed by atoms with Gasteiger partial charge in [-0.05, 0) is 25.0 Å². The minimum absolute atomic E-state index is 0.252. The van der Waals surface area contributed by atoms with Gasteiger partial charge >= 0.3 is 0 Å². The first-order valence-corrected chi connectivity index (χ1v) is 7.50. The van der Waals surface area contributed by atoms with Gasteiger partial charge in [-0.1, -0.05) is 38.3 Å². The van der Waals surface area contributed by atoms with Crippen LogP contribution in [0.4, 0.5) is 0 Å². The maximum absolute atomic E-state index is 11.5. The van der Waals surface area contributed by atoms with Gasteiger partial charge in [-0.25, -0.2) is 0 Å². The van der Waals surface area contributed by atoms with Crippen molar-refractivity contribution in [3.63, 3.8) is 0 Å². The molecule has 1 unspecified atom stereocenters. The molecule has 0 heterocycles. The van der Waals surface area contributed by atoms with Crippen LogP contribution < -0.4 is 20.9 Å². The third-order valence-electron chi connectivity index (χ3n) is 3.13. The van der Waals surface area contributed by atoms with Gasteiger partial charge in [0.15, 0.2) is 24.2 Å². The molecule has 0 aliphatic carbocycles. The van der Waals surface area contributed by atoms with Gasteiger partial charge in [0, 0.05) is 0 Å². The monoisotopic (exact) mass is 308 g/mol. The fraction of sp³-hybridized carbons (Fsp3) is 0.500. The molecule has 0 aromatic heterocycles. The van der Waals surface area contributed by atoms with Crippen molar-refractivity contribution < 1.29 is 19.1 Å². The lowest BCUT2D eigenvalue weighted by Crippen LogP contribution is -2.33. The topological polar surface area (TPSA) is 105 Å². The molecule has 6 heteroatoms. The van der Waals surface area contributed by atoms with Crippen LogP contribution in [0.25, 0.3) is 0 Å². The first-order chi connectivity index (χ1) is 10.5. The summed E-state index contributed by atoms with van der Waals surface area (Å²) < 4.78 is 10.9. The summed E-state index contributed by atoms with van der Waals surface area (Å²) in [5.74, 6) is -0.355. The van der Waals surface area contributed by atoms with Crippen molar-refractivity contribution >= 4 is 11.8 Å². The number of primary amides is 2. The number of carbonyl (C=O) groups excluding carboxylic acids is 2. The van der Waals surface area contributed by atoms with Crippen LogP contribution in [0.1, 0.15) is 39.0 Å². The highest BCUT2D eigenvalue weighted by Crippen LogP contribution is 2.28. The molecule has 0 radical (unpaired) electrons. The molecule has 1 rings (SSSR count). The zero-order valence-corrected chi connectivity index (χ0v) is 12.9. The maximum Gasteiger partial charge on any atom is 0.258 e. The second-order valence-corrected chi connectivity index (χ2v) is 5.06. The number of unbranched alkanes of at least 4 members (excludes halogenated alkanes) is 3. The fourth-order valence-electron chi connectivity index (χ4n) is 1.98. The normalized spacial score (nSPS) is 11.7. The highest BCUT2D eigenvalue weighted by Gasteiger charge is 2.19. The average molecular weight is 308 g/mol. The predicted octanol–water partition coefficient (Wildman–Crippen LogP) is 1.75. The number of benzene rings is 1. The number of amides is 2. The van der Waals surface area contributed by atoms with Gasteiger partial charge in [0.2, 0.25) is 0 Å². The van der Waals surface area contributed by atoms with Gasteiger partial charge in [0.25, 0.3) is 11.8 Å². The van der Waals surface area contributed by atoms with Gasteiger partial charge < -0.3 is 20.9 Å². The predicted molar refractivity (Wildman–Crippen MR) is 83.5 cm³/mol. The number of ether oxygens (including phenoxy) is 2.